The normalized spacial score (nSPS) is 13.0. The van der Waals surface area contributed by atoms with Crippen LogP contribution in [0.25, 0.3) is 10.8 Å². The van der Waals surface area contributed by atoms with Crippen LogP contribution in [0.3, 0.4) is 0 Å². The number of hydrogen-bond donors (Lipinski definition) is 2. The molecule has 3 N–H and O–H groups in total. The van der Waals surface area contributed by atoms with Gasteiger partial charge in [0, 0.05) is 16.6 Å². The van der Waals surface area contributed by atoms with E-state index in [-0.39, 0.29) is 0 Å². The lowest BCUT2D eigenvalue weighted by Crippen LogP contribution is -1.98. The summed E-state index contributed by atoms with van der Waals surface area (Å²) in [6, 6.07) is 11.8. The summed E-state index contributed by atoms with van der Waals surface area (Å²) >= 11 is 0. The van der Waals surface area contributed by atoms with Crippen molar-refractivity contribution in [1.29, 1.82) is 0 Å². The zero-order valence-corrected chi connectivity index (χ0v) is 8.07. The minimum atomic E-state index is -0.514. The molecule has 72 valence electrons. The third kappa shape index (κ3) is 1.34. The molecule has 0 heterocycles. The smallest absolute Gasteiger partial charge is 0.0782 e. The molecule has 0 aliphatic rings. The summed E-state index contributed by atoms with van der Waals surface area (Å²) in [6.45, 7) is 1.72. The van der Waals surface area contributed by atoms with Gasteiger partial charge in [-0.15, -0.1) is 0 Å². The van der Waals surface area contributed by atoms with E-state index >= 15 is 0 Å². The first-order valence-electron chi connectivity index (χ1n) is 4.65. The SMILES string of the molecule is CC(O)c1ccc2ccccc2c1N. The molecule has 2 aromatic carbocycles. The Bertz CT molecular complexity index is 463. The number of rotatable bonds is 1. The van der Waals surface area contributed by atoms with Gasteiger partial charge in [-0.25, -0.2) is 0 Å². The van der Waals surface area contributed by atoms with Crippen LogP contribution in [0.5, 0.6) is 0 Å². The molecule has 0 radical (unpaired) electrons. The fourth-order valence-electron chi connectivity index (χ4n) is 1.68. The summed E-state index contributed by atoms with van der Waals surface area (Å²) in [5.74, 6) is 0. The van der Waals surface area contributed by atoms with E-state index in [1.165, 1.54) is 0 Å². The van der Waals surface area contributed by atoms with Gasteiger partial charge in [0.15, 0.2) is 0 Å². The van der Waals surface area contributed by atoms with Crippen LogP contribution in [0.1, 0.15) is 18.6 Å². The van der Waals surface area contributed by atoms with Crippen molar-refractivity contribution in [2.75, 3.05) is 5.73 Å². The van der Waals surface area contributed by atoms with E-state index < -0.39 is 6.10 Å². The molecular weight excluding hydrogens is 174 g/mol. The number of hydrogen-bond acceptors (Lipinski definition) is 2. The van der Waals surface area contributed by atoms with Crippen LogP contribution in [0.4, 0.5) is 5.69 Å². The van der Waals surface area contributed by atoms with Gasteiger partial charge in [-0.2, -0.15) is 0 Å². The maximum Gasteiger partial charge on any atom is 0.0782 e. The summed E-state index contributed by atoms with van der Waals surface area (Å²) < 4.78 is 0. The van der Waals surface area contributed by atoms with Crippen molar-refractivity contribution in [3.63, 3.8) is 0 Å². The predicted octanol–water partition coefficient (Wildman–Crippen LogP) is 2.48. The third-order valence-corrected chi connectivity index (χ3v) is 2.45. The molecule has 2 heteroatoms. The molecule has 1 unspecified atom stereocenters. The summed E-state index contributed by atoms with van der Waals surface area (Å²) in [7, 11) is 0. The topological polar surface area (TPSA) is 46.2 Å². The largest absolute Gasteiger partial charge is 0.398 e. The molecule has 0 aliphatic carbocycles. The average Bonchev–Trinajstić information content (AvgIpc) is 2.18. The standard InChI is InChI=1S/C12H13NO/c1-8(14)10-7-6-9-4-2-3-5-11(9)12(10)13/h2-8,14H,13H2,1H3. The first-order valence-corrected chi connectivity index (χ1v) is 4.65. The molecule has 1 atom stereocenters. The Morgan fingerprint density at radius 2 is 1.86 bits per heavy atom. The Hall–Kier alpha value is -1.54. The van der Waals surface area contributed by atoms with Crippen molar-refractivity contribution >= 4 is 16.5 Å². The van der Waals surface area contributed by atoms with Gasteiger partial charge in [-0.1, -0.05) is 36.4 Å². The van der Waals surface area contributed by atoms with Gasteiger partial charge in [0.1, 0.15) is 0 Å². The molecule has 0 amide bonds. The number of fused-ring (bicyclic) bond motifs is 1. The maximum absolute atomic E-state index is 9.48. The Balaban J connectivity index is 2.75. The molecule has 0 fully saturated rings. The minimum Gasteiger partial charge on any atom is -0.398 e. The lowest BCUT2D eigenvalue weighted by atomic mass is 10.0. The Kier molecular flexibility index (Phi) is 2.14. The highest BCUT2D eigenvalue weighted by Crippen LogP contribution is 2.28. The molecule has 0 aliphatic heterocycles. The third-order valence-electron chi connectivity index (χ3n) is 2.45. The van der Waals surface area contributed by atoms with Crippen LogP contribution in [-0.4, -0.2) is 5.11 Å². The fourth-order valence-corrected chi connectivity index (χ4v) is 1.68. The molecule has 14 heavy (non-hydrogen) atoms. The fraction of sp³-hybridized carbons (Fsp3) is 0.167. The van der Waals surface area contributed by atoms with Crippen molar-refractivity contribution in [3.8, 4) is 0 Å². The molecular formula is C12H13NO. The van der Waals surface area contributed by atoms with E-state index in [0.717, 1.165) is 16.3 Å². The van der Waals surface area contributed by atoms with Crippen LogP contribution >= 0.6 is 0 Å². The Morgan fingerprint density at radius 3 is 2.57 bits per heavy atom. The van der Waals surface area contributed by atoms with Gasteiger partial charge in [0.2, 0.25) is 0 Å². The van der Waals surface area contributed by atoms with Crippen LogP contribution in [0, 0.1) is 0 Å². The molecule has 0 saturated carbocycles. The second kappa shape index (κ2) is 3.31. The first-order chi connectivity index (χ1) is 6.70. The van der Waals surface area contributed by atoms with E-state index in [1.54, 1.807) is 6.92 Å². The minimum absolute atomic E-state index is 0.514. The van der Waals surface area contributed by atoms with Crippen molar-refractivity contribution in [2.45, 2.75) is 13.0 Å². The van der Waals surface area contributed by atoms with E-state index in [9.17, 15) is 5.11 Å². The summed E-state index contributed by atoms with van der Waals surface area (Å²) in [6.07, 6.45) is -0.514. The molecule has 2 nitrogen and oxygen atoms in total. The van der Waals surface area contributed by atoms with Crippen LogP contribution in [0.2, 0.25) is 0 Å². The van der Waals surface area contributed by atoms with Crippen molar-refractivity contribution in [1.82, 2.24) is 0 Å². The number of benzene rings is 2. The number of anilines is 1. The number of aliphatic hydroxyl groups excluding tert-OH is 1. The van der Waals surface area contributed by atoms with Crippen molar-refractivity contribution < 1.29 is 5.11 Å². The van der Waals surface area contributed by atoms with Gasteiger partial charge in [-0.3, -0.25) is 0 Å². The summed E-state index contributed by atoms with van der Waals surface area (Å²) in [5.41, 5.74) is 7.43. The van der Waals surface area contributed by atoms with Gasteiger partial charge in [-0.05, 0) is 12.3 Å². The zero-order chi connectivity index (χ0) is 10.1. The highest BCUT2D eigenvalue weighted by Gasteiger charge is 2.07. The number of aliphatic hydroxyl groups is 1. The Morgan fingerprint density at radius 1 is 1.14 bits per heavy atom. The predicted molar refractivity (Wildman–Crippen MR) is 59.0 cm³/mol. The van der Waals surface area contributed by atoms with E-state index in [2.05, 4.69) is 0 Å². The quantitative estimate of drug-likeness (QED) is 0.674. The lowest BCUT2D eigenvalue weighted by Gasteiger charge is -2.10. The molecule has 0 spiro atoms. The van der Waals surface area contributed by atoms with Gasteiger partial charge >= 0.3 is 0 Å². The molecule has 0 bridgehead atoms. The summed E-state index contributed by atoms with van der Waals surface area (Å²) in [5, 5.41) is 11.6. The lowest BCUT2D eigenvalue weighted by molar-refractivity contribution is 0.200. The van der Waals surface area contributed by atoms with Gasteiger partial charge < -0.3 is 10.8 Å². The van der Waals surface area contributed by atoms with Crippen molar-refractivity contribution in [3.05, 3.63) is 42.0 Å². The monoisotopic (exact) mass is 187 g/mol. The first kappa shape index (κ1) is 9.03. The summed E-state index contributed by atoms with van der Waals surface area (Å²) in [4.78, 5) is 0. The zero-order valence-electron chi connectivity index (χ0n) is 8.07. The van der Waals surface area contributed by atoms with E-state index in [1.807, 2.05) is 36.4 Å². The Labute approximate surface area is 83.0 Å². The molecule has 0 saturated heterocycles. The van der Waals surface area contributed by atoms with E-state index in [0.29, 0.717) is 5.69 Å². The second-order valence-electron chi connectivity index (χ2n) is 3.47. The van der Waals surface area contributed by atoms with Crippen LogP contribution in [0.15, 0.2) is 36.4 Å². The number of nitrogens with two attached hydrogens (primary N) is 1. The van der Waals surface area contributed by atoms with Crippen LogP contribution < -0.4 is 5.73 Å². The highest BCUT2D eigenvalue weighted by molar-refractivity contribution is 5.94. The maximum atomic E-state index is 9.48. The van der Waals surface area contributed by atoms with Gasteiger partial charge in [0.05, 0.1) is 6.10 Å². The number of nitrogen functional groups attached to an aromatic ring is 1. The second-order valence-corrected chi connectivity index (χ2v) is 3.47. The van der Waals surface area contributed by atoms with E-state index in [4.69, 9.17) is 5.73 Å². The van der Waals surface area contributed by atoms with Crippen molar-refractivity contribution in [2.24, 2.45) is 0 Å². The molecule has 0 aromatic heterocycles. The molecule has 2 rings (SSSR count). The average molecular weight is 187 g/mol. The van der Waals surface area contributed by atoms with Crippen LogP contribution in [-0.2, 0) is 0 Å². The highest BCUT2D eigenvalue weighted by atomic mass is 16.3. The van der Waals surface area contributed by atoms with Gasteiger partial charge in [0.25, 0.3) is 0 Å². The molecule has 2 aromatic rings.